The molecule has 0 aliphatic heterocycles. The van der Waals surface area contributed by atoms with Crippen LogP contribution in [0.3, 0.4) is 0 Å². The van der Waals surface area contributed by atoms with Gasteiger partial charge in [-0.1, -0.05) is 36.9 Å². The lowest BCUT2D eigenvalue weighted by atomic mass is 9.96. The number of hydrogen-bond donors (Lipinski definition) is 2. The number of carbonyl (C=O) groups is 1. The van der Waals surface area contributed by atoms with E-state index in [1.54, 1.807) is 0 Å². The summed E-state index contributed by atoms with van der Waals surface area (Å²) in [5, 5.41) is 2.76. The van der Waals surface area contributed by atoms with E-state index >= 15 is 0 Å². The lowest BCUT2D eigenvalue weighted by Gasteiger charge is -2.11. The van der Waals surface area contributed by atoms with Gasteiger partial charge in [0.15, 0.2) is 5.78 Å². The summed E-state index contributed by atoms with van der Waals surface area (Å²) in [4.78, 5) is 15.9. The second-order valence-electron chi connectivity index (χ2n) is 5.72. The Balaban J connectivity index is 2.01. The van der Waals surface area contributed by atoms with Crippen LogP contribution in [0, 0.1) is 0 Å². The molecule has 3 nitrogen and oxygen atoms in total. The molecule has 1 aliphatic carbocycles. The number of carbonyl (C=O) groups excluding carboxylic acids is 1. The molecule has 1 aromatic carbocycles. The van der Waals surface area contributed by atoms with Gasteiger partial charge >= 0.3 is 0 Å². The van der Waals surface area contributed by atoms with Crippen molar-refractivity contribution in [1.82, 2.24) is 4.98 Å². The minimum absolute atomic E-state index is 0.0842. The SMILES string of the molecule is C=c1/c(=C(\C)C(=O)CC2=CCCC=C2N)[nH]c2ccccc12. The van der Waals surface area contributed by atoms with E-state index in [0.717, 1.165) is 45.6 Å². The molecule has 1 heterocycles. The van der Waals surface area contributed by atoms with Crippen molar-refractivity contribution < 1.29 is 4.79 Å². The Labute approximate surface area is 129 Å². The Morgan fingerprint density at radius 3 is 2.73 bits per heavy atom. The van der Waals surface area contributed by atoms with E-state index in [4.69, 9.17) is 5.73 Å². The summed E-state index contributed by atoms with van der Waals surface area (Å²) in [7, 11) is 0. The molecular weight excluding hydrogens is 272 g/mol. The van der Waals surface area contributed by atoms with E-state index in [2.05, 4.69) is 17.6 Å². The van der Waals surface area contributed by atoms with Crippen LogP contribution < -0.4 is 16.3 Å². The van der Waals surface area contributed by atoms with Crippen molar-refractivity contribution in [2.24, 2.45) is 5.73 Å². The topological polar surface area (TPSA) is 58.9 Å². The number of hydrogen-bond acceptors (Lipinski definition) is 2. The molecule has 1 aliphatic rings. The van der Waals surface area contributed by atoms with E-state index in [1.807, 2.05) is 37.3 Å². The maximum Gasteiger partial charge on any atom is 0.165 e. The number of aromatic amines is 1. The lowest BCUT2D eigenvalue weighted by molar-refractivity contribution is -0.113. The number of rotatable bonds is 3. The van der Waals surface area contributed by atoms with Gasteiger partial charge in [0.05, 0.1) is 5.35 Å². The number of Topliss-reactive ketones (excluding diaryl/α,β-unsaturated/α-hetero) is 1. The zero-order chi connectivity index (χ0) is 15.7. The van der Waals surface area contributed by atoms with Gasteiger partial charge in [0.2, 0.25) is 0 Å². The molecule has 0 saturated carbocycles. The van der Waals surface area contributed by atoms with Crippen molar-refractivity contribution in [1.29, 1.82) is 0 Å². The van der Waals surface area contributed by atoms with Crippen LogP contribution in [0.4, 0.5) is 0 Å². The largest absolute Gasteiger partial charge is 0.399 e. The molecule has 0 spiro atoms. The van der Waals surface area contributed by atoms with Gasteiger partial charge in [0, 0.05) is 33.8 Å². The maximum atomic E-state index is 12.6. The van der Waals surface area contributed by atoms with E-state index in [9.17, 15) is 4.79 Å². The molecule has 2 aromatic rings. The van der Waals surface area contributed by atoms with E-state index in [1.165, 1.54) is 0 Å². The van der Waals surface area contributed by atoms with Crippen LogP contribution in [0.15, 0.2) is 47.7 Å². The average Bonchev–Trinajstić information content (AvgIpc) is 2.86. The number of nitrogens with one attached hydrogen (secondary N) is 1. The van der Waals surface area contributed by atoms with Crippen LogP contribution in [-0.2, 0) is 4.79 Å². The summed E-state index contributed by atoms with van der Waals surface area (Å²) >= 11 is 0. The average molecular weight is 292 g/mol. The van der Waals surface area contributed by atoms with Gasteiger partial charge in [-0.25, -0.2) is 0 Å². The molecular formula is C19H20N2O. The third-order valence-electron chi connectivity index (χ3n) is 4.25. The molecule has 0 amide bonds. The fraction of sp³-hybridized carbons (Fsp3) is 0.211. The van der Waals surface area contributed by atoms with Crippen LogP contribution in [0.5, 0.6) is 0 Å². The van der Waals surface area contributed by atoms with E-state index in [-0.39, 0.29) is 5.78 Å². The highest BCUT2D eigenvalue weighted by Crippen LogP contribution is 2.19. The van der Waals surface area contributed by atoms with Crippen molar-refractivity contribution in [2.75, 3.05) is 0 Å². The van der Waals surface area contributed by atoms with Crippen LogP contribution in [0.2, 0.25) is 0 Å². The summed E-state index contributed by atoms with van der Waals surface area (Å²) in [6, 6.07) is 7.96. The van der Waals surface area contributed by atoms with Crippen LogP contribution in [-0.4, -0.2) is 10.8 Å². The fourth-order valence-corrected chi connectivity index (χ4v) is 2.88. The number of H-pyrrole nitrogens is 1. The molecule has 1 aromatic heterocycles. The predicted molar refractivity (Wildman–Crippen MR) is 91.4 cm³/mol. The van der Waals surface area contributed by atoms with Gasteiger partial charge in [0.25, 0.3) is 0 Å². The minimum Gasteiger partial charge on any atom is -0.399 e. The van der Waals surface area contributed by atoms with Gasteiger partial charge in [-0.3, -0.25) is 4.79 Å². The first-order chi connectivity index (χ1) is 10.6. The molecule has 112 valence electrons. The van der Waals surface area contributed by atoms with Gasteiger partial charge in [-0.05, 0) is 31.4 Å². The Hall–Kier alpha value is -2.55. The highest BCUT2D eigenvalue weighted by Gasteiger charge is 2.13. The molecule has 3 rings (SSSR count). The highest BCUT2D eigenvalue weighted by atomic mass is 16.1. The zero-order valence-electron chi connectivity index (χ0n) is 12.8. The van der Waals surface area contributed by atoms with Crippen molar-refractivity contribution in [3.63, 3.8) is 0 Å². The van der Waals surface area contributed by atoms with Crippen molar-refractivity contribution in [2.45, 2.75) is 26.2 Å². The third-order valence-corrected chi connectivity index (χ3v) is 4.25. The standard InChI is InChI=1S/C19H20N2O/c1-12-15-8-4-6-10-17(15)21-19(12)13(2)18(22)11-14-7-3-5-9-16(14)20/h4,6-10,21H,1,3,5,11,20H2,2H3/b19-13-. The van der Waals surface area contributed by atoms with Crippen LogP contribution in [0.1, 0.15) is 26.2 Å². The molecule has 0 radical (unpaired) electrons. The molecule has 3 heteroatoms. The number of fused-ring (bicyclic) bond motifs is 1. The highest BCUT2D eigenvalue weighted by molar-refractivity contribution is 6.15. The Morgan fingerprint density at radius 2 is 2.00 bits per heavy atom. The quantitative estimate of drug-likeness (QED) is 0.911. The van der Waals surface area contributed by atoms with Gasteiger partial charge in [-0.2, -0.15) is 0 Å². The fourth-order valence-electron chi connectivity index (χ4n) is 2.88. The van der Waals surface area contributed by atoms with E-state index < -0.39 is 0 Å². The zero-order valence-corrected chi connectivity index (χ0v) is 12.8. The van der Waals surface area contributed by atoms with Crippen molar-refractivity contribution in [3.8, 4) is 0 Å². The Morgan fingerprint density at radius 1 is 1.27 bits per heavy atom. The van der Waals surface area contributed by atoms with Gasteiger partial charge in [0.1, 0.15) is 0 Å². The maximum absolute atomic E-state index is 12.6. The minimum atomic E-state index is 0.0842. The van der Waals surface area contributed by atoms with Crippen LogP contribution >= 0.6 is 0 Å². The second kappa shape index (κ2) is 5.68. The first-order valence-electron chi connectivity index (χ1n) is 7.52. The van der Waals surface area contributed by atoms with Crippen molar-refractivity contribution >= 4 is 28.8 Å². The smallest absolute Gasteiger partial charge is 0.165 e. The van der Waals surface area contributed by atoms with Gasteiger partial charge in [-0.15, -0.1) is 0 Å². The lowest BCUT2D eigenvalue weighted by Crippen LogP contribution is -2.26. The molecule has 0 atom stereocenters. The molecule has 0 bridgehead atoms. The van der Waals surface area contributed by atoms with Gasteiger partial charge < -0.3 is 10.7 Å². The monoisotopic (exact) mass is 292 g/mol. The second-order valence-corrected chi connectivity index (χ2v) is 5.72. The normalized spacial score (nSPS) is 16.2. The number of benzene rings is 1. The Bertz CT molecular complexity index is 913. The first kappa shape index (κ1) is 14.4. The summed E-state index contributed by atoms with van der Waals surface area (Å²) in [5.41, 5.74) is 9.36. The predicted octanol–water partition coefficient (Wildman–Crippen LogP) is 2.27. The molecule has 3 N–H and O–H groups in total. The molecule has 0 saturated heterocycles. The Kier molecular flexibility index (Phi) is 3.72. The van der Waals surface area contributed by atoms with Crippen LogP contribution in [0.25, 0.3) is 23.1 Å². The van der Waals surface area contributed by atoms with E-state index in [0.29, 0.717) is 12.0 Å². The molecule has 0 unspecified atom stereocenters. The molecule has 22 heavy (non-hydrogen) atoms. The summed E-state index contributed by atoms with van der Waals surface area (Å²) < 4.78 is 0. The summed E-state index contributed by atoms with van der Waals surface area (Å²) in [5.74, 6) is 0.0842. The number of aromatic nitrogens is 1. The third kappa shape index (κ3) is 2.50. The summed E-state index contributed by atoms with van der Waals surface area (Å²) in [6.45, 7) is 5.97. The first-order valence-corrected chi connectivity index (χ1v) is 7.52. The summed E-state index contributed by atoms with van der Waals surface area (Å²) in [6.07, 6.45) is 6.32. The number of nitrogens with two attached hydrogens (primary N) is 1. The molecule has 0 fully saturated rings. The number of para-hydroxylation sites is 1. The number of allylic oxidation sites excluding steroid dienone is 3. The van der Waals surface area contributed by atoms with Crippen molar-refractivity contribution in [3.05, 3.63) is 58.3 Å². The number of ketones is 1.